The second-order valence-corrected chi connectivity index (χ2v) is 5.40. The van der Waals surface area contributed by atoms with Gasteiger partial charge in [0.1, 0.15) is 17.5 Å². The Morgan fingerprint density at radius 1 is 1.35 bits per heavy atom. The number of hydrogen-bond acceptors (Lipinski definition) is 5. The highest BCUT2D eigenvalue weighted by atomic mass is 16.5. The zero-order valence-corrected chi connectivity index (χ0v) is 13.2. The first-order chi connectivity index (χ1) is 9.60. The Bertz CT molecular complexity index is 463. The smallest absolute Gasteiger partial charge is 0.137 e. The second kappa shape index (κ2) is 6.39. The first kappa shape index (κ1) is 15.0. The monoisotopic (exact) mass is 278 g/mol. The van der Waals surface area contributed by atoms with E-state index in [4.69, 9.17) is 9.72 Å². The van der Waals surface area contributed by atoms with Crippen molar-refractivity contribution in [3.05, 3.63) is 11.4 Å². The molecular weight excluding hydrogens is 252 g/mol. The summed E-state index contributed by atoms with van der Waals surface area (Å²) in [7, 11) is 1.91. The van der Waals surface area contributed by atoms with Crippen molar-refractivity contribution < 1.29 is 4.74 Å². The Morgan fingerprint density at radius 2 is 2.10 bits per heavy atom. The molecule has 1 aliphatic heterocycles. The molecular formula is C15H26N4O. The standard InChI is InChI=1S/C15H26N4O/c1-6-12-9-20-10(3)8-19(12)15-11(4)14(16-5)17-13(7-2)18-15/h10,12H,6-9H2,1-5H3,(H,16,17,18). The summed E-state index contributed by atoms with van der Waals surface area (Å²) in [5, 5.41) is 3.18. The van der Waals surface area contributed by atoms with Crippen LogP contribution in [-0.2, 0) is 11.2 Å². The Labute approximate surface area is 121 Å². The van der Waals surface area contributed by atoms with Crippen molar-refractivity contribution >= 4 is 11.6 Å². The molecule has 20 heavy (non-hydrogen) atoms. The van der Waals surface area contributed by atoms with E-state index in [1.165, 1.54) is 0 Å². The molecule has 1 aromatic heterocycles. The van der Waals surface area contributed by atoms with Crippen molar-refractivity contribution in [2.24, 2.45) is 0 Å². The molecule has 1 saturated heterocycles. The van der Waals surface area contributed by atoms with Crippen LogP contribution in [0.2, 0.25) is 0 Å². The van der Waals surface area contributed by atoms with Crippen molar-refractivity contribution in [3.63, 3.8) is 0 Å². The molecule has 0 aromatic carbocycles. The first-order valence-electron chi connectivity index (χ1n) is 7.54. The lowest BCUT2D eigenvalue weighted by Crippen LogP contribution is -2.49. The van der Waals surface area contributed by atoms with Gasteiger partial charge in [-0.15, -0.1) is 0 Å². The Hall–Kier alpha value is -1.36. The number of rotatable bonds is 4. The highest BCUT2D eigenvalue weighted by Gasteiger charge is 2.28. The third-order valence-electron chi connectivity index (χ3n) is 3.93. The molecule has 0 bridgehead atoms. The van der Waals surface area contributed by atoms with Crippen LogP contribution in [0.15, 0.2) is 0 Å². The maximum atomic E-state index is 5.79. The molecule has 0 saturated carbocycles. The van der Waals surface area contributed by atoms with Gasteiger partial charge in [-0.2, -0.15) is 0 Å². The maximum Gasteiger partial charge on any atom is 0.137 e. The minimum Gasteiger partial charge on any atom is -0.375 e. The van der Waals surface area contributed by atoms with Crippen LogP contribution in [0.3, 0.4) is 0 Å². The fraction of sp³-hybridized carbons (Fsp3) is 0.733. The number of nitrogens with zero attached hydrogens (tertiary/aromatic N) is 3. The number of anilines is 2. The van der Waals surface area contributed by atoms with E-state index in [2.05, 4.69) is 42.9 Å². The summed E-state index contributed by atoms with van der Waals surface area (Å²) in [6.07, 6.45) is 2.15. The van der Waals surface area contributed by atoms with Gasteiger partial charge in [0.15, 0.2) is 0 Å². The molecule has 2 unspecified atom stereocenters. The third kappa shape index (κ3) is 2.87. The lowest BCUT2D eigenvalue weighted by atomic mass is 10.1. The Kier molecular flexibility index (Phi) is 4.81. The van der Waals surface area contributed by atoms with Crippen molar-refractivity contribution in [1.29, 1.82) is 0 Å². The highest BCUT2D eigenvalue weighted by molar-refractivity contribution is 5.59. The van der Waals surface area contributed by atoms with Gasteiger partial charge in [0, 0.05) is 25.6 Å². The van der Waals surface area contributed by atoms with Crippen LogP contribution in [0.1, 0.15) is 38.6 Å². The van der Waals surface area contributed by atoms with E-state index in [9.17, 15) is 0 Å². The SMILES string of the molecule is CCc1nc(NC)c(C)c(N2CC(C)OCC2CC)n1. The van der Waals surface area contributed by atoms with E-state index >= 15 is 0 Å². The fourth-order valence-electron chi connectivity index (χ4n) is 2.67. The highest BCUT2D eigenvalue weighted by Crippen LogP contribution is 2.28. The fourth-order valence-corrected chi connectivity index (χ4v) is 2.67. The molecule has 1 N–H and O–H groups in total. The van der Waals surface area contributed by atoms with Gasteiger partial charge >= 0.3 is 0 Å². The maximum absolute atomic E-state index is 5.79. The summed E-state index contributed by atoms with van der Waals surface area (Å²) in [4.78, 5) is 11.7. The molecule has 5 heteroatoms. The molecule has 2 rings (SSSR count). The van der Waals surface area contributed by atoms with Gasteiger partial charge in [0.25, 0.3) is 0 Å². The minimum atomic E-state index is 0.246. The molecule has 0 amide bonds. The van der Waals surface area contributed by atoms with Crippen LogP contribution in [-0.4, -0.2) is 42.3 Å². The van der Waals surface area contributed by atoms with Gasteiger partial charge in [-0.05, 0) is 20.3 Å². The molecule has 0 aliphatic carbocycles. The molecule has 2 heterocycles. The van der Waals surface area contributed by atoms with E-state index in [1.807, 2.05) is 7.05 Å². The van der Waals surface area contributed by atoms with Crippen LogP contribution in [0, 0.1) is 6.92 Å². The number of nitrogens with one attached hydrogen (secondary N) is 1. The van der Waals surface area contributed by atoms with Gasteiger partial charge in [-0.25, -0.2) is 9.97 Å². The number of hydrogen-bond donors (Lipinski definition) is 1. The molecule has 1 aliphatic rings. The number of aryl methyl sites for hydroxylation is 1. The van der Waals surface area contributed by atoms with Crippen LogP contribution in [0.25, 0.3) is 0 Å². The normalized spacial score (nSPS) is 22.9. The molecule has 112 valence electrons. The van der Waals surface area contributed by atoms with Gasteiger partial charge in [-0.3, -0.25) is 0 Å². The quantitative estimate of drug-likeness (QED) is 0.916. The van der Waals surface area contributed by atoms with E-state index < -0.39 is 0 Å². The number of morpholine rings is 1. The van der Waals surface area contributed by atoms with Crippen molar-refractivity contribution in [2.75, 3.05) is 30.4 Å². The molecule has 0 radical (unpaired) electrons. The van der Waals surface area contributed by atoms with Gasteiger partial charge in [-0.1, -0.05) is 13.8 Å². The van der Waals surface area contributed by atoms with Crippen LogP contribution >= 0.6 is 0 Å². The van der Waals surface area contributed by atoms with Crippen LogP contribution < -0.4 is 10.2 Å². The minimum absolute atomic E-state index is 0.246. The zero-order valence-electron chi connectivity index (χ0n) is 13.2. The van der Waals surface area contributed by atoms with E-state index in [-0.39, 0.29) is 6.10 Å². The lowest BCUT2D eigenvalue weighted by Gasteiger charge is -2.40. The predicted molar refractivity (Wildman–Crippen MR) is 82.5 cm³/mol. The van der Waals surface area contributed by atoms with E-state index in [0.717, 1.165) is 49.0 Å². The summed E-state index contributed by atoms with van der Waals surface area (Å²) in [5.41, 5.74) is 1.12. The van der Waals surface area contributed by atoms with Gasteiger partial charge < -0.3 is 15.0 Å². The Morgan fingerprint density at radius 3 is 2.70 bits per heavy atom. The molecule has 5 nitrogen and oxygen atoms in total. The van der Waals surface area contributed by atoms with E-state index in [0.29, 0.717) is 6.04 Å². The molecule has 0 spiro atoms. The summed E-state index contributed by atoms with van der Waals surface area (Å²) in [6.45, 7) is 10.2. The van der Waals surface area contributed by atoms with E-state index in [1.54, 1.807) is 0 Å². The first-order valence-corrected chi connectivity index (χ1v) is 7.54. The average molecular weight is 278 g/mol. The molecule has 1 aromatic rings. The second-order valence-electron chi connectivity index (χ2n) is 5.40. The zero-order chi connectivity index (χ0) is 14.7. The predicted octanol–water partition coefficient (Wildman–Crippen LogP) is 2.39. The summed E-state index contributed by atoms with van der Waals surface area (Å²) in [6, 6.07) is 0.397. The largest absolute Gasteiger partial charge is 0.375 e. The third-order valence-corrected chi connectivity index (χ3v) is 3.93. The van der Waals surface area contributed by atoms with Crippen LogP contribution in [0.5, 0.6) is 0 Å². The van der Waals surface area contributed by atoms with Crippen molar-refractivity contribution in [2.45, 2.75) is 52.7 Å². The molecule has 1 fully saturated rings. The average Bonchev–Trinajstić information content (AvgIpc) is 2.47. The van der Waals surface area contributed by atoms with Crippen LogP contribution in [0.4, 0.5) is 11.6 Å². The number of ether oxygens (including phenoxy) is 1. The van der Waals surface area contributed by atoms with Crippen molar-refractivity contribution in [1.82, 2.24) is 9.97 Å². The number of aromatic nitrogens is 2. The Balaban J connectivity index is 2.43. The summed E-state index contributed by atoms with van der Waals surface area (Å²) < 4.78 is 5.79. The lowest BCUT2D eigenvalue weighted by molar-refractivity contribution is 0.0295. The summed E-state index contributed by atoms with van der Waals surface area (Å²) in [5.74, 6) is 2.88. The van der Waals surface area contributed by atoms with Gasteiger partial charge in [0.05, 0.1) is 18.8 Å². The summed E-state index contributed by atoms with van der Waals surface area (Å²) >= 11 is 0. The topological polar surface area (TPSA) is 50.3 Å². The van der Waals surface area contributed by atoms with Gasteiger partial charge in [0.2, 0.25) is 0 Å². The van der Waals surface area contributed by atoms with Crippen molar-refractivity contribution in [3.8, 4) is 0 Å². The molecule has 2 atom stereocenters.